The third-order valence-electron chi connectivity index (χ3n) is 3.24. The Labute approximate surface area is 128 Å². The summed E-state index contributed by atoms with van der Waals surface area (Å²) in [6.07, 6.45) is 0. The zero-order valence-corrected chi connectivity index (χ0v) is 13.3. The lowest BCUT2D eigenvalue weighted by molar-refractivity contribution is 0.0951. The number of amides is 1. The summed E-state index contributed by atoms with van der Waals surface area (Å²) in [4.78, 5) is 12.1. The number of benzene rings is 2. The summed E-state index contributed by atoms with van der Waals surface area (Å²) in [6.45, 7) is 4.80. The highest BCUT2D eigenvalue weighted by Gasteiger charge is 2.07. The molecule has 3 heteroatoms. The van der Waals surface area contributed by atoms with E-state index in [9.17, 15) is 4.79 Å². The molecule has 0 saturated heterocycles. The summed E-state index contributed by atoms with van der Waals surface area (Å²) in [5.41, 5.74) is 3.01. The molecular formula is C17H18BrNO. The average molecular weight is 332 g/mol. The maximum absolute atomic E-state index is 12.1. The number of hydrogen-bond donors (Lipinski definition) is 1. The summed E-state index contributed by atoms with van der Waals surface area (Å²) in [5, 5.41) is 2.94. The minimum atomic E-state index is -0.0453. The van der Waals surface area contributed by atoms with Crippen LogP contribution in [-0.2, 0) is 6.54 Å². The average Bonchev–Trinajstić information content (AvgIpc) is 2.46. The van der Waals surface area contributed by atoms with E-state index >= 15 is 0 Å². The number of carbonyl (C=O) groups excluding carboxylic acids is 1. The molecule has 0 aliphatic rings. The van der Waals surface area contributed by atoms with Crippen molar-refractivity contribution in [1.82, 2.24) is 5.32 Å². The van der Waals surface area contributed by atoms with Gasteiger partial charge in [0.1, 0.15) is 0 Å². The van der Waals surface area contributed by atoms with Crippen molar-refractivity contribution < 1.29 is 4.79 Å². The highest BCUT2D eigenvalue weighted by molar-refractivity contribution is 9.10. The van der Waals surface area contributed by atoms with Crippen LogP contribution in [0.15, 0.2) is 53.0 Å². The molecule has 1 amide bonds. The van der Waals surface area contributed by atoms with Gasteiger partial charge in [0, 0.05) is 16.6 Å². The van der Waals surface area contributed by atoms with Gasteiger partial charge in [0.05, 0.1) is 0 Å². The van der Waals surface area contributed by atoms with E-state index in [1.165, 1.54) is 5.56 Å². The summed E-state index contributed by atoms with van der Waals surface area (Å²) in [7, 11) is 0. The Bertz CT molecular complexity index is 590. The Kier molecular flexibility index (Phi) is 4.96. The van der Waals surface area contributed by atoms with Gasteiger partial charge in [-0.25, -0.2) is 0 Å². The van der Waals surface area contributed by atoms with Gasteiger partial charge in [0.15, 0.2) is 0 Å². The first-order valence-electron chi connectivity index (χ1n) is 6.69. The summed E-state index contributed by atoms with van der Waals surface area (Å²) < 4.78 is 1.01. The van der Waals surface area contributed by atoms with Crippen molar-refractivity contribution in [3.8, 4) is 0 Å². The minimum Gasteiger partial charge on any atom is -0.348 e. The van der Waals surface area contributed by atoms with Crippen molar-refractivity contribution in [3.63, 3.8) is 0 Å². The van der Waals surface area contributed by atoms with E-state index < -0.39 is 0 Å². The first-order chi connectivity index (χ1) is 9.58. The van der Waals surface area contributed by atoms with Crippen LogP contribution in [0.25, 0.3) is 0 Å². The Morgan fingerprint density at radius 2 is 1.75 bits per heavy atom. The first-order valence-corrected chi connectivity index (χ1v) is 7.49. The van der Waals surface area contributed by atoms with E-state index in [1.807, 2.05) is 48.5 Å². The monoisotopic (exact) mass is 331 g/mol. The quantitative estimate of drug-likeness (QED) is 0.877. The smallest absolute Gasteiger partial charge is 0.251 e. The first kappa shape index (κ1) is 14.8. The molecular weight excluding hydrogens is 314 g/mol. The van der Waals surface area contributed by atoms with E-state index in [-0.39, 0.29) is 5.91 Å². The largest absolute Gasteiger partial charge is 0.348 e. The fourth-order valence-corrected chi connectivity index (χ4v) is 2.36. The van der Waals surface area contributed by atoms with Gasteiger partial charge >= 0.3 is 0 Å². The molecule has 2 nitrogen and oxygen atoms in total. The van der Waals surface area contributed by atoms with Crippen LogP contribution in [0, 0.1) is 0 Å². The van der Waals surface area contributed by atoms with Crippen molar-refractivity contribution in [3.05, 3.63) is 69.7 Å². The van der Waals surface area contributed by atoms with Gasteiger partial charge in [0.2, 0.25) is 0 Å². The van der Waals surface area contributed by atoms with Gasteiger partial charge in [-0.05, 0) is 35.2 Å². The zero-order chi connectivity index (χ0) is 14.5. The van der Waals surface area contributed by atoms with E-state index in [2.05, 4.69) is 35.1 Å². The molecule has 0 aliphatic carbocycles. The Balaban J connectivity index is 2.00. The Morgan fingerprint density at radius 1 is 1.10 bits per heavy atom. The van der Waals surface area contributed by atoms with Gasteiger partial charge in [-0.1, -0.05) is 60.1 Å². The summed E-state index contributed by atoms with van der Waals surface area (Å²) in [6, 6.07) is 15.7. The Hall–Kier alpha value is -1.61. The third-order valence-corrected chi connectivity index (χ3v) is 4.01. The van der Waals surface area contributed by atoms with Crippen LogP contribution in [-0.4, -0.2) is 5.91 Å². The molecule has 0 saturated carbocycles. The lowest BCUT2D eigenvalue weighted by atomic mass is 10.0. The van der Waals surface area contributed by atoms with E-state index in [0.717, 1.165) is 10.0 Å². The number of halogens is 1. The van der Waals surface area contributed by atoms with Crippen molar-refractivity contribution in [2.24, 2.45) is 0 Å². The van der Waals surface area contributed by atoms with Crippen LogP contribution in [0.3, 0.4) is 0 Å². The van der Waals surface area contributed by atoms with Gasteiger partial charge < -0.3 is 5.32 Å². The minimum absolute atomic E-state index is 0.0453. The molecule has 0 atom stereocenters. The molecule has 0 spiro atoms. The molecule has 0 bridgehead atoms. The van der Waals surface area contributed by atoms with E-state index in [0.29, 0.717) is 18.0 Å². The van der Waals surface area contributed by atoms with Crippen LogP contribution >= 0.6 is 15.9 Å². The number of rotatable bonds is 4. The normalized spacial score (nSPS) is 10.6. The van der Waals surface area contributed by atoms with E-state index in [1.54, 1.807) is 0 Å². The molecule has 0 fully saturated rings. The molecule has 0 aliphatic heterocycles. The van der Waals surface area contributed by atoms with Crippen molar-refractivity contribution in [2.75, 3.05) is 0 Å². The number of nitrogens with one attached hydrogen (secondary N) is 1. The lowest BCUT2D eigenvalue weighted by Gasteiger charge is -2.09. The molecule has 20 heavy (non-hydrogen) atoms. The Morgan fingerprint density at radius 3 is 2.35 bits per heavy atom. The second-order valence-electron chi connectivity index (χ2n) is 5.05. The van der Waals surface area contributed by atoms with Crippen LogP contribution < -0.4 is 5.32 Å². The molecule has 0 heterocycles. The molecule has 1 N–H and O–H groups in total. The molecule has 2 aromatic rings. The van der Waals surface area contributed by atoms with Gasteiger partial charge in [0.25, 0.3) is 5.91 Å². The molecule has 2 aromatic carbocycles. The fourth-order valence-electron chi connectivity index (χ4n) is 1.94. The zero-order valence-electron chi connectivity index (χ0n) is 11.7. The summed E-state index contributed by atoms with van der Waals surface area (Å²) in [5.74, 6) is 0.434. The number of carbonyl (C=O) groups is 1. The van der Waals surface area contributed by atoms with Gasteiger partial charge in [-0.15, -0.1) is 0 Å². The van der Waals surface area contributed by atoms with Gasteiger partial charge in [-0.2, -0.15) is 0 Å². The van der Waals surface area contributed by atoms with Crippen LogP contribution in [0.2, 0.25) is 0 Å². The highest BCUT2D eigenvalue weighted by Crippen LogP contribution is 2.16. The predicted molar refractivity (Wildman–Crippen MR) is 85.8 cm³/mol. The molecule has 104 valence electrons. The topological polar surface area (TPSA) is 29.1 Å². The van der Waals surface area contributed by atoms with Crippen LogP contribution in [0.1, 0.15) is 41.3 Å². The molecule has 0 aromatic heterocycles. The maximum atomic E-state index is 12.1. The van der Waals surface area contributed by atoms with Crippen molar-refractivity contribution >= 4 is 21.8 Å². The molecule has 0 unspecified atom stereocenters. The standard InChI is InChI=1S/C17H18BrNO/c1-12(2)13-7-9-14(10-8-13)17(20)19-11-15-5-3-4-6-16(15)18/h3-10,12H,11H2,1-2H3,(H,19,20). The third kappa shape index (κ3) is 3.70. The molecule has 0 radical (unpaired) electrons. The summed E-state index contributed by atoms with van der Waals surface area (Å²) >= 11 is 3.48. The maximum Gasteiger partial charge on any atom is 0.251 e. The highest BCUT2D eigenvalue weighted by atomic mass is 79.9. The van der Waals surface area contributed by atoms with Gasteiger partial charge in [-0.3, -0.25) is 4.79 Å². The second kappa shape index (κ2) is 6.71. The fraction of sp³-hybridized carbons (Fsp3) is 0.235. The van der Waals surface area contributed by atoms with E-state index in [4.69, 9.17) is 0 Å². The number of hydrogen-bond acceptors (Lipinski definition) is 1. The molecule has 2 rings (SSSR count). The van der Waals surface area contributed by atoms with Crippen LogP contribution in [0.5, 0.6) is 0 Å². The lowest BCUT2D eigenvalue weighted by Crippen LogP contribution is -2.22. The van der Waals surface area contributed by atoms with Crippen molar-refractivity contribution in [2.45, 2.75) is 26.3 Å². The predicted octanol–water partition coefficient (Wildman–Crippen LogP) is 4.50. The second-order valence-corrected chi connectivity index (χ2v) is 5.91. The van der Waals surface area contributed by atoms with Crippen LogP contribution in [0.4, 0.5) is 0 Å². The van der Waals surface area contributed by atoms with Crippen molar-refractivity contribution in [1.29, 1.82) is 0 Å². The SMILES string of the molecule is CC(C)c1ccc(C(=O)NCc2ccccc2Br)cc1.